The Kier molecular flexibility index (Phi) is 3.42. The molecule has 4 heteroatoms. The Balaban J connectivity index is 1.86. The number of carbonyl (C=O) groups excluding carboxylic acids is 1. The molecule has 3 rings (SSSR count). The summed E-state index contributed by atoms with van der Waals surface area (Å²) in [4.78, 5) is 14.7. The van der Waals surface area contributed by atoms with Crippen LogP contribution in [0.4, 0.5) is 5.69 Å². The minimum absolute atomic E-state index is 0.0831. The van der Waals surface area contributed by atoms with Crippen LogP contribution in [0.1, 0.15) is 28.8 Å². The number of nitrogens with zero attached hydrogens (tertiary/aromatic N) is 1. The van der Waals surface area contributed by atoms with Gasteiger partial charge in [-0.1, -0.05) is 11.6 Å². The molecule has 0 atom stereocenters. The number of benzene rings is 1. The van der Waals surface area contributed by atoms with Crippen molar-refractivity contribution in [2.24, 2.45) is 0 Å². The van der Waals surface area contributed by atoms with E-state index in [4.69, 9.17) is 0 Å². The van der Waals surface area contributed by atoms with Gasteiger partial charge >= 0.3 is 0 Å². The zero-order valence-electron chi connectivity index (χ0n) is 11.4. The summed E-state index contributed by atoms with van der Waals surface area (Å²) in [5, 5.41) is 6.44. The van der Waals surface area contributed by atoms with E-state index in [-0.39, 0.29) is 5.91 Å². The second kappa shape index (κ2) is 5.21. The zero-order chi connectivity index (χ0) is 13.2. The zero-order valence-corrected chi connectivity index (χ0v) is 11.4. The molecule has 1 aromatic carbocycles. The maximum absolute atomic E-state index is 12.4. The maximum atomic E-state index is 12.4. The van der Waals surface area contributed by atoms with Crippen LogP contribution < -0.4 is 15.5 Å². The van der Waals surface area contributed by atoms with Crippen LogP contribution in [0.15, 0.2) is 18.2 Å². The van der Waals surface area contributed by atoms with E-state index in [0.29, 0.717) is 6.04 Å². The summed E-state index contributed by atoms with van der Waals surface area (Å²) >= 11 is 0. The lowest BCUT2D eigenvalue weighted by molar-refractivity contribution is 0.0951. The van der Waals surface area contributed by atoms with Gasteiger partial charge in [-0.2, -0.15) is 0 Å². The smallest absolute Gasteiger partial charge is 0.253 e. The molecule has 102 valence electrons. The maximum Gasteiger partial charge on any atom is 0.253 e. The van der Waals surface area contributed by atoms with E-state index >= 15 is 0 Å². The van der Waals surface area contributed by atoms with Crippen LogP contribution in [-0.4, -0.2) is 38.1 Å². The summed E-state index contributed by atoms with van der Waals surface area (Å²) in [6.07, 6.45) is 2.25. The van der Waals surface area contributed by atoms with E-state index in [1.54, 1.807) is 0 Å². The first-order chi connectivity index (χ1) is 9.24. The second-order valence-corrected chi connectivity index (χ2v) is 5.51. The lowest BCUT2D eigenvalue weighted by atomic mass is 10.1. The molecule has 2 aliphatic rings. The van der Waals surface area contributed by atoms with Gasteiger partial charge in [-0.15, -0.1) is 0 Å². The first-order valence-corrected chi connectivity index (χ1v) is 7.11. The number of rotatable bonds is 3. The van der Waals surface area contributed by atoms with E-state index in [0.717, 1.165) is 55.8 Å². The molecule has 1 amide bonds. The van der Waals surface area contributed by atoms with Crippen LogP contribution in [0.5, 0.6) is 0 Å². The molecule has 2 N–H and O–H groups in total. The number of aryl methyl sites for hydroxylation is 1. The Morgan fingerprint density at radius 3 is 2.74 bits per heavy atom. The normalized spacial score (nSPS) is 19.3. The molecule has 1 aliphatic carbocycles. The monoisotopic (exact) mass is 259 g/mol. The number of hydrogen-bond donors (Lipinski definition) is 2. The van der Waals surface area contributed by atoms with E-state index in [1.807, 2.05) is 13.0 Å². The van der Waals surface area contributed by atoms with Crippen molar-refractivity contribution >= 4 is 11.6 Å². The molecule has 0 aromatic heterocycles. The van der Waals surface area contributed by atoms with Gasteiger partial charge in [0.25, 0.3) is 5.91 Å². The number of piperazine rings is 1. The van der Waals surface area contributed by atoms with Crippen LogP contribution >= 0.6 is 0 Å². The molecule has 0 radical (unpaired) electrons. The molecule has 2 fully saturated rings. The summed E-state index contributed by atoms with van der Waals surface area (Å²) in [5.41, 5.74) is 3.04. The van der Waals surface area contributed by atoms with Crippen LogP contribution in [-0.2, 0) is 0 Å². The topological polar surface area (TPSA) is 44.4 Å². The molecule has 1 aromatic rings. The Morgan fingerprint density at radius 2 is 2.05 bits per heavy atom. The van der Waals surface area contributed by atoms with Gasteiger partial charge in [-0.3, -0.25) is 4.79 Å². The van der Waals surface area contributed by atoms with E-state index in [9.17, 15) is 4.79 Å². The van der Waals surface area contributed by atoms with Gasteiger partial charge in [0.15, 0.2) is 0 Å². The predicted octanol–water partition coefficient (Wildman–Crippen LogP) is 1.30. The number of anilines is 1. The van der Waals surface area contributed by atoms with Gasteiger partial charge < -0.3 is 15.5 Å². The SMILES string of the molecule is Cc1ccc(N2CCNCC2)c(C(=O)NC2CC2)c1. The Morgan fingerprint density at radius 1 is 1.32 bits per heavy atom. The van der Waals surface area contributed by atoms with Crippen molar-refractivity contribution in [3.8, 4) is 0 Å². The lowest BCUT2D eigenvalue weighted by Crippen LogP contribution is -2.44. The molecule has 1 saturated heterocycles. The van der Waals surface area contributed by atoms with Gasteiger partial charge in [0.05, 0.1) is 5.56 Å². The third kappa shape index (κ3) is 2.89. The molecule has 19 heavy (non-hydrogen) atoms. The van der Waals surface area contributed by atoms with Gasteiger partial charge in [0.2, 0.25) is 0 Å². The molecule has 0 spiro atoms. The fraction of sp³-hybridized carbons (Fsp3) is 0.533. The standard InChI is InChI=1S/C15H21N3O/c1-11-2-5-14(18-8-6-16-7-9-18)13(10-11)15(19)17-12-3-4-12/h2,5,10,12,16H,3-4,6-9H2,1H3,(H,17,19). The molecule has 1 saturated carbocycles. The Bertz CT molecular complexity index is 476. The average molecular weight is 259 g/mol. The van der Waals surface area contributed by atoms with Crippen LogP contribution in [0.3, 0.4) is 0 Å². The molecular weight excluding hydrogens is 238 g/mol. The molecule has 4 nitrogen and oxygen atoms in total. The third-order valence-corrected chi connectivity index (χ3v) is 3.77. The Labute approximate surface area is 114 Å². The van der Waals surface area contributed by atoms with Crippen molar-refractivity contribution in [1.82, 2.24) is 10.6 Å². The minimum atomic E-state index is 0.0831. The fourth-order valence-corrected chi connectivity index (χ4v) is 2.50. The van der Waals surface area contributed by atoms with Crippen LogP contribution in [0, 0.1) is 6.92 Å². The highest BCUT2D eigenvalue weighted by Crippen LogP contribution is 2.25. The number of amides is 1. The number of hydrogen-bond acceptors (Lipinski definition) is 3. The highest BCUT2D eigenvalue weighted by Gasteiger charge is 2.26. The van der Waals surface area contributed by atoms with Crippen LogP contribution in [0.2, 0.25) is 0 Å². The first-order valence-electron chi connectivity index (χ1n) is 7.11. The summed E-state index contributed by atoms with van der Waals surface area (Å²) in [5.74, 6) is 0.0831. The summed E-state index contributed by atoms with van der Waals surface area (Å²) in [6.45, 7) is 5.93. The number of nitrogens with one attached hydrogen (secondary N) is 2. The molecule has 1 aliphatic heterocycles. The molecule has 1 heterocycles. The molecular formula is C15H21N3O. The van der Waals surface area contributed by atoms with Crippen molar-refractivity contribution in [2.45, 2.75) is 25.8 Å². The van der Waals surface area contributed by atoms with E-state index in [2.05, 4.69) is 27.7 Å². The number of carbonyl (C=O) groups is 1. The minimum Gasteiger partial charge on any atom is -0.368 e. The van der Waals surface area contributed by atoms with Crippen molar-refractivity contribution in [2.75, 3.05) is 31.1 Å². The van der Waals surface area contributed by atoms with Crippen molar-refractivity contribution in [3.63, 3.8) is 0 Å². The third-order valence-electron chi connectivity index (χ3n) is 3.77. The molecule has 0 unspecified atom stereocenters. The first kappa shape index (κ1) is 12.5. The lowest BCUT2D eigenvalue weighted by Gasteiger charge is -2.31. The highest BCUT2D eigenvalue weighted by molar-refractivity contribution is 6.00. The quantitative estimate of drug-likeness (QED) is 0.860. The summed E-state index contributed by atoms with van der Waals surface area (Å²) in [7, 11) is 0. The molecule has 0 bridgehead atoms. The average Bonchev–Trinajstić information content (AvgIpc) is 3.23. The summed E-state index contributed by atoms with van der Waals surface area (Å²) < 4.78 is 0. The van der Waals surface area contributed by atoms with E-state index < -0.39 is 0 Å². The van der Waals surface area contributed by atoms with Gasteiger partial charge in [0, 0.05) is 37.9 Å². The van der Waals surface area contributed by atoms with Gasteiger partial charge in [-0.25, -0.2) is 0 Å². The van der Waals surface area contributed by atoms with Gasteiger partial charge in [-0.05, 0) is 31.9 Å². The van der Waals surface area contributed by atoms with Crippen molar-refractivity contribution < 1.29 is 4.79 Å². The summed E-state index contributed by atoms with van der Waals surface area (Å²) in [6, 6.07) is 6.59. The van der Waals surface area contributed by atoms with Crippen molar-refractivity contribution in [1.29, 1.82) is 0 Å². The fourth-order valence-electron chi connectivity index (χ4n) is 2.50. The highest BCUT2D eigenvalue weighted by atomic mass is 16.1. The largest absolute Gasteiger partial charge is 0.368 e. The predicted molar refractivity (Wildman–Crippen MR) is 76.7 cm³/mol. The Hall–Kier alpha value is -1.55. The second-order valence-electron chi connectivity index (χ2n) is 5.51. The van der Waals surface area contributed by atoms with Gasteiger partial charge in [0.1, 0.15) is 0 Å². The van der Waals surface area contributed by atoms with Crippen molar-refractivity contribution in [3.05, 3.63) is 29.3 Å². The van der Waals surface area contributed by atoms with E-state index in [1.165, 1.54) is 0 Å². The van der Waals surface area contributed by atoms with Crippen LogP contribution in [0.25, 0.3) is 0 Å².